The van der Waals surface area contributed by atoms with E-state index in [4.69, 9.17) is 0 Å². The molecule has 0 atom stereocenters. The Morgan fingerprint density at radius 1 is 1.05 bits per heavy atom. The van der Waals surface area contributed by atoms with Crippen molar-refractivity contribution in [2.45, 2.75) is 6.42 Å². The molecule has 0 aliphatic heterocycles. The average Bonchev–Trinajstić information content (AvgIpc) is 3.07. The number of rotatable bonds is 2. The fraction of sp³-hybridized carbons (Fsp3) is 0.0625. The van der Waals surface area contributed by atoms with Crippen LogP contribution < -0.4 is 5.43 Å². The van der Waals surface area contributed by atoms with Crippen molar-refractivity contribution >= 4 is 38.2 Å². The number of thiazole rings is 1. The van der Waals surface area contributed by atoms with E-state index in [9.17, 15) is 4.79 Å². The van der Waals surface area contributed by atoms with Gasteiger partial charge in [-0.3, -0.25) is 10.2 Å². The third kappa shape index (κ3) is 2.11. The molecule has 4 rings (SSSR count). The predicted octanol–water partition coefficient (Wildman–Crippen LogP) is 3.70. The van der Waals surface area contributed by atoms with Gasteiger partial charge in [0.2, 0.25) is 5.13 Å². The Labute approximate surface area is 125 Å². The lowest BCUT2D eigenvalue weighted by Gasteiger charge is -1.98. The van der Waals surface area contributed by atoms with Gasteiger partial charge in [-0.1, -0.05) is 47.7 Å². The van der Waals surface area contributed by atoms with Gasteiger partial charge in [-0.15, -0.1) is 0 Å². The van der Waals surface area contributed by atoms with E-state index in [0.29, 0.717) is 6.42 Å². The molecule has 0 saturated carbocycles. The molecule has 0 saturated heterocycles. The summed E-state index contributed by atoms with van der Waals surface area (Å²) in [5.41, 5.74) is 6.37. The number of carbonyl (C=O) groups excluding carboxylic acids is 1. The smallest absolute Gasteiger partial charge is 0.204 e. The standard InChI is InChI=1S/C16H11N3OS/c20-14-9-13(10-5-1-2-6-11(10)14)18-19-16-17-12-7-3-4-8-15(12)21-16/h1-8H,9H2,(H,17,19)/b18-13-. The summed E-state index contributed by atoms with van der Waals surface area (Å²) in [6.07, 6.45) is 0.344. The summed E-state index contributed by atoms with van der Waals surface area (Å²) in [7, 11) is 0. The highest BCUT2D eigenvalue weighted by molar-refractivity contribution is 7.22. The van der Waals surface area contributed by atoms with E-state index in [0.717, 1.165) is 32.2 Å². The molecule has 0 unspecified atom stereocenters. The van der Waals surface area contributed by atoms with Crippen molar-refractivity contribution in [3.63, 3.8) is 0 Å². The number of fused-ring (bicyclic) bond motifs is 2. The molecule has 1 aliphatic rings. The Kier molecular flexibility index (Phi) is 2.79. The average molecular weight is 293 g/mol. The van der Waals surface area contributed by atoms with Gasteiger partial charge in [-0.05, 0) is 12.1 Å². The molecule has 1 aliphatic carbocycles. The Morgan fingerprint density at radius 2 is 1.81 bits per heavy atom. The molecule has 1 heterocycles. The van der Waals surface area contributed by atoms with E-state index in [1.807, 2.05) is 48.5 Å². The Bertz CT molecular complexity index is 849. The molecule has 1 N–H and O–H groups in total. The second-order valence-electron chi connectivity index (χ2n) is 4.80. The number of para-hydroxylation sites is 1. The lowest BCUT2D eigenvalue weighted by Crippen LogP contribution is -2.00. The second-order valence-corrected chi connectivity index (χ2v) is 5.83. The molecule has 0 fully saturated rings. The molecule has 0 amide bonds. The summed E-state index contributed by atoms with van der Waals surface area (Å²) in [6, 6.07) is 15.5. The maximum atomic E-state index is 11.9. The van der Waals surface area contributed by atoms with Crippen molar-refractivity contribution < 1.29 is 4.79 Å². The molecular weight excluding hydrogens is 282 g/mol. The van der Waals surface area contributed by atoms with Gasteiger partial charge < -0.3 is 0 Å². The van der Waals surface area contributed by atoms with Crippen LogP contribution in [0.3, 0.4) is 0 Å². The van der Waals surface area contributed by atoms with Crippen LogP contribution in [0.4, 0.5) is 5.13 Å². The summed E-state index contributed by atoms with van der Waals surface area (Å²) < 4.78 is 1.11. The van der Waals surface area contributed by atoms with Crippen LogP contribution in [0.15, 0.2) is 53.6 Å². The highest BCUT2D eigenvalue weighted by Crippen LogP contribution is 2.26. The lowest BCUT2D eigenvalue weighted by atomic mass is 10.1. The first-order chi connectivity index (χ1) is 10.3. The molecule has 0 radical (unpaired) electrons. The number of ketones is 1. The van der Waals surface area contributed by atoms with E-state index in [1.165, 1.54) is 0 Å². The minimum Gasteiger partial charge on any atom is -0.294 e. The lowest BCUT2D eigenvalue weighted by molar-refractivity contribution is 0.101. The number of hydrogen-bond donors (Lipinski definition) is 1. The number of nitrogens with one attached hydrogen (secondary N) is 1. The van der Waals surface area contributed by atoms with Gasteiger partial charge in [0, 0.05) is 11.1 Å². The third-order valence-electron chi connectivity index (χ3n) is 3.45. The number of hydrogen-bond acceptors (Lipinski definition) is 5. The van der Waals surface area contributed by atoms with Crippen molar-refractivity contribution in [2.24, 2.45) is 5.10 Å². The zero-order valence-corrected chi connectivity index (χ0v) is 11.9. The number of nitrogens with zero attached hydrogens (tertiary/aromatic N) is 2. The van der Waals surface area contributed by atoms with Crippen LogP contribution in [-0.4, -0.2) is 16.5 Å². The third-order valence-corrected chi connectivity index (χ3v) is 4.39. The molecule has 2 aromatic carbocycles. The fourth-order valence-corrected chi connectivity index (χ4v) is 3.26. The first kappa shape index (κ1) is 12.2. The molecule has 102 valence electrons. The summed E-state index contributed by atoms with van der Waals surface area (Å²) in [6.45, 7) is 0. The van der Waals surface area contributed by atoms with Gasteiger partial charge in [0.05, 0.1) is 22.3 Å². The summed E-state index contributed by atoms with van der Waals surface area (Å²) in [5.74, 6) is 0.121. The maximum Gasteiger partial charge on any atom is 0.204 e. The molecule has 3 aromatic rings. The molecule has 0 bridgehead atoms. The Morgan fingerprint density at radius 3 is 2.67 bits per heavy atom. The minimum absolute atomic E-state index is 0.121. The van der Waals surface area contributed by atoms with Crippen LogP contribution >= 0.6 is 11.3 Å². The molecule has 5 heteroatoms. The highest BCUT2D eigenvalue weighted by atomic mass is 32.1. The van der Waals surface area contributed by atoms with Crippen LogP contribution in [0.5, 0.6) is 0 Å². The molecule has 0 spiro atoms. The van der Waals surface area contributed by atoms with Crippen molar-refractivity contribution in [3.05, 3.63) is 59.7 Å². The van der Waals surface area contributed by atoms with Crippen LogP contribution in [0, 0.1) is 0 Å². The van der Waals surface area contributed by atoms with Gasteiger partial charge in [0.25, 0.3) is 0 Å². The SMILES string of the molecule is O=C1C/C(=N/Nc2nc3ccccc3s2)c2ccccc21. The van der Waals surface area contributed by atoms with E-state index in [-0.39, 0.29) is 5.78 Å². The number of benzene rings is 2. The minimum atomic E-state index is 0.121. The fourth-order valence-electron chi connectivity index (χ4n) is 2.46. The van der Waals surface area contributed by atoms with Crippen LogP contribution in [-0.2, 0) is 0 Å². The summed E-state index contributed by atoms with van der Waals surface area (Å²) in [5, 5.41) is 5.11. The zero-order chi connectivity index (χ0) is 14.2. The number of Topliss-reactive ketones (excluding diaryl/α,β-unsaturated/α-hetero) is 1. The van der Waals surface area contributed by atoms with Crippen LogP contribution in [0.1, 0.15) is 22.3 Å². The van der Waals surface area contributed by atoms with Crippen LogP contribution in [0.25, 0.3) is 10.2 Å². The second kappa shape index (κ2) is 4.79. The van der Waals surface area contributed by atoms with Crippen molar-refractivity contribution in [3.8, 4) is 0 Å². The molecular formula is C16H11N3OS. The largest absolute Gasteiger partial charge is 0.294 e. The first-order valence-electron chi connectivity index (χ1n) is 6.62. The van der Waals surface area contributed by atoms with E-state index < -0.39 is 0 Å². The first-order valence-corrected chi connectivity index (χ1v) is 7.44. The number of anilines is 1. The number of hydrazone groups is 1. The molecule has 4 nitrogen and oxygen atoms in total. The summed E-state index contributed by atoms with van der Waals surface area (Å²) >= 11 is 1.55. The van der Waals surface area contributed by atoms with Gasteiger partial charge >= 0.3 is 0 Å². The van der Waals surface area contributed by atoms with E-state index >= 15 is 0 Å². The Hall–Kier alpha value is -2.53. The quantitative estimate of drug-likeness (QED) is 0.733. The summed E-state index contributed by atoms with van der Waals surface area (Å²) in [4.78, 5) is 16.4. The highest BCUT2D eigenvalue weighted by Gasteiger charge is 2.24. The van der Waals surface area contributed by atoms with Gasteiger partial charge in [-0.25, -0.2) is 4.98 Å². The van der Waals surface area contributed by atoms with Crippen molar-refractivity contribution in [1.29, 1.82) is 0 Å². The zero-order valence-electron chi connectivity index (χ0n) is 11.0. The maximum absolute atomic E-state index is 11.9. The molecule has 21 heavy (non-hydrogen) atoms. The monoisotopic (exact) mass is 293 g/mol. The molecule has 1 aromatic heterocycles. The van der Waals surface area contributed by atoms with Crippen LogP contribution in [0.2, 0.25) is 0 Å². The normalized spacial score (nSPS) is 15.6. The Balaban J connectivity index is 1.66. The van der Waals surface area contributed by atoms with E-state index in [1.54, 1.807) is 11.3 Å². The van der Waals surface area contributed by atoms with Gasteiger partial charge in [0.1, 0.15) is 0 Å². The van der Waals surface area contributed by atoms with Gasteiger partial charge in [0.15, 0.2) is 5.78 Å². The van der Waals surface area contributed by atoms with Crippen molar-refractivity contribution in [2.75, 3.05) is 5.43 Å². The number of carbonyl (C=O) groups is 1. The predicted molar refractivity (Wildman–Crippen MR) is 85.2 cm³/mol. The number of aromatic nitrogens is 1. The van der Waals surface area contributed by atoms with Gasteiger partial charge in [-0.2, -0.15) is 5.10 Å². The van der Waals surface area contributed by atoms with Crippen molar-refractivity contribution in [1.82, 2.24) is 4.98 Å². The topological polar surface area (TPSA) is 54.4 Å². The van der Waals surface area contributed by atoms with E-state index in [2.05, 4.69) is 15.5 Å².